The van der Waals surface area contributed by atoms with Gasteiger partial charge in [0.1, 0.15) is 23.6 Å². The summed E-state index contributed by atoms with van der Waals surface area (Å²) in [5.41, 5.74) is 1.99. The average Bonchev–Trinajstić information content (AvgIpc) is 2.93. The largest absolute Gasteiger partial charge is 0.508 e. The first kappa shape index (κ1) is 34.2. The number of halogens is 1. The van der Waals surface area contributed by atoms with Crippen LogP contribution in [0.1, 0.15) is 31.9 Å². The van der Waals surface area contributed by atoms with E-state index >= 15 is 0 Å². The molecule has 0 aliphatic carbocycles. The second-order valence-electron chi connectivity index (χ2n) is 9.80. The lowest BCUT2D eigenvalue weighted by Crippen LogP contribution is -2.40. The van der Waals surface area contributed by atoms with Gasteiger partial charge in [-0.3, -0.25) is 14.5 Å². The van der Waals surface area contributed by atoms with Crippen LogP contribution in [-0.2, 0) is 51.2 Å². The van der Waals surface area contributed by atoms with Crippen molar-refractivity contribution in [1.29, 1.82) is 0 Å². The molecule has 0 aliphatic heterocycles. The standard InChI is InChI=1S/C30H40BrNO9/c1-24(40-28(34)30(2,3)31)18-32(14-16-36-23-33)15-17-39-29(35)41-27(21-37-19-25-10-6-4-7-11-25)22-38-20-26-12-8-5-9-13-26/h4-13,23-24,27H,14-22H2,1-3H3. The quantitative estimate of drug-likeness (QED) is 0.0675. The fraction of sp³-hybridized carbons (Fsp3) is 0.500. The van der Waals surface area contributed by atoms with Gasteiger partial charge in [-0.05, 0) is 31.9 Å². The normalized spacial score (nSPS) is 12.1. The van der Waals surface area contributed by atoms with Crippen LogP contribution in [0.15, 0.2) is 60.7 Å². The van der Waals surface area contributed by atoms with E-state index in [4.69, 9.17) is 28.4 Å². The number of ether oxygens (including phenoxy) is 6. The van der Waals surface area contributed by atoms with E-state index in [-0.39, 0.29) is 26.4 Å². The van der Waals surface area contributed by atoms with Crippen molar-refractivity contribution < 1.29 is 42.8 Å². The molecule has 11 heteroatoms. The highest BCUT2D eigenvalue weighted by Gasteiger charge is 2.27. The lowest BCUT2D eigenvalue weighted by Gasteiger charge is -2.26. The van der Waals surface area contributed by atoms with E-state index < -0.39 is 28.7 Å². The van der Waals surface area contributed by atoms with E-state index in [1.807, 2.05) is 65.6 Å². The molecule has 0 spiro atoms. The predicted octanol–water partition coefficient (Wildman–Crippen LogP) is 4.52. The molecular formula is C30H40BrNO9. The molecule has 1 unspecified atom stereocenters. The Balaban J connectivity index is 1.85. The van der Waals surface area contributed by atoms with Crippen molar-refractivity contribution in [2.75, 3.05) is 46.1 Å². The van der Waals surface area contributed by atoms with Crippen LogP contribution in [0.4, 0.5) is 4.79 Å². The van der Waals surface area contributed by atoms with Gasteiger partial charge in [0.15, 0.2) is 6.10 Å². The lowest BCUT2D eigenvalue weighted by molar-refractivity contribution is -0.150. The molecule has 41 heavy (non-hydrogen) atoms. The van der Waals surface area contributed by atoms with Crippen LogP contribution < -0.4 is 0 Å². The highest BCUT2D eigenvalue weighted by molar-refractivity contribution is 9.10. The zero-order chi connectivity index (χ0) is 29.9. The molecule has 2 aromatic rings. The van der Waals surface area contributed by atoms with Crippen molar-refractivity contribution in [3.63, 3.8) is 0 Å². The predicted molar refractivity (Wildman–Crippen MR) is 155 cm³/mol. The van der Waals surface area contributed by atoms with E-state index in [2.05, 4.69) is 15.9 Å². The van der Waals surface area contributed by atoms with Crippen LogP contribution in [0, 0.1) is 0 Å². The molecule has 0 heterocycles. The van der Waals surface area contributed by atoms with Crippen molar-refractivity contribution in [1.82, 2.24) is 4.90 Å². The van der Waals surface area contributed by atoms with Gasteiger partial charge in [-0.1, -0.05) is 76.6 Å². The Hall–Kier alpha value is -2.99. The van der Waals surface area contributed by atoms with Gasteiger partial charge in [-0.15, -0.1) is 0 Å². The van der Waals surface area contributed by atoms with E-state index in [0.29, 0.717) is 39.3 Å². The summed E-state index contributed by atoms with van der Waals surface area (Å²) in [6.45, 7) is 7.65. The zero-order valence-electron chi connectivity index (χ0n) is 23.9. The number of carbonyl (C=O) groups excluding carboxylic acids is 3. The minimum Gasteiger partial charge on any atom is -0.467 e. The SMILES string of the molecule is CC(CN(CCOC=O)CCOC(=O)OC(COCc1ccccc1)COCc1ccccc1)OC(=O)C(C)(C)Br. The van der Waals surface area contributed by atoms with Crippen LogP contribution in [0.5, 0.6) is 0 Å². The molecule has 0 fully saturated rings. The highest BCUT2D eigenvalue weighted by Crippen LogP contribution is 2.18. The fourth-order valence-electron chi connectivity index (χ4n) is 3.56. The fourth-order valence-corrected chi connectivity index (χ4v) is 3.65. The topological polar surface area (TPSA) is 110 Å². The summed E-state index contributed by atoms with van der Waals surface area (Å²) in [7, 11) is 0. The Bertz CT molecular complexity index is 972. The van der Waals surface area contributed by atoms with Crippen LogP contribution in [-0.4, -0.2) is 86.1 Å². The summed E-state index contributed by atoms with van der Waals surface area (Å²) in [6.07, 6.45) is -1.99. The Morgan fingerprint density at radius 2 is 1.41 bits per heavy atom. The molecule has 0 saturated carbocycles. The van der Waals surface area contributed by atoms with Crippen LogP contribution in [0.25, 0.3) is 0 Å². The van der Waals surface area contributed by atoms with E-state index in [0.717, 1.165) is 11.1 Å². The van der Waals surface area contributed by atoms with Gasteiger partial charge in [-0.25, -0.2) is 4.79 Å². The monoisotopic (exact) mass is 637 g/mol. The summed E-state index contributed by atoms with van der Waals surface area (Å²) in [6, 6.07) is 19.4. The van der Waals surface area contributed by atoms with Gasteiger partial charge in [0.25, 0.3) is 6.47 Å². The maximum Gasteiger partial charge on any atom is 0.508 e. The molecule has 226 valence electrons. The maximum atomic E-state index is 12.5. The van der Waals surface area contributed by atoms with Gasteiger partial charge < -0.3 is 28.4 Å². The second kappa shape index (κ2) is 19.2. The molecule has 0 radical (unpaired) electrons. The Morgan fingerprint density at radius 3 is 1.93 bits per heavy atom. The van der Waals surface area contributed by atoms with Crippen LogP contribution >= 0.6 is 15.9 Å². The maximum absolute atomic E-state index is 12.5. The molecule has 0 bridgehead atoms. The smallest absolute Gasteiger partial charge is 0.467 e. The number of benzene rings is 2. The summed E-state index contributed by atoms with van der Waals surface area (Å²) in [5.74, 6) is -0.399. The van der Waals surface area contributed by atoms with Crippen molar-refractivity contribution in [2.24, 2.45) is 0 Å². The molecule has 1 atom stereocenters. The van der Waals surface area contributed by atoms with Gasteiger partial charge >= 0.3 is 12.1 Å². The third kappa shape index (κ3) is 15.6. The van der Waals surface area contributed by atoms with Gasteiger partial charge in [0, 0.05) is 19.6 Å². The van der Waals surface area contributed by atoms with Gasteiger partial charge in [0.2, 0.25) is 0 Å². The average molecular weight is 639 g/mol. The number of esters is 1. The molecule has 0 aromatic heterocycles. The molecule has 2 aromatic carbocycles. The third-order valence-corrected chi connectivity index (χ3v) is 5.95. The Morgan fingerprint density at radius 1 is 0.878 bits per heavy atom. The molecule has 10 nitrogen and oxygen atoms in total. The summed E-state index contributed by atoms with van der Waals surface area (Å²) < 4.78 is 31.8. The number of rotatable bonds is 20. The molecule has 0 aliphatic rings. The molecule has 0 N–H and O–H groups in total. The Kier molecular flexibility index (Phi) is 16.0. The van der Waals surface area contributed by atoms with Crippen molar-refractivity contribution in [2.45, 2.75) is 50.5 Å². The highest BCUT2D eigenvalue weighted by atomic mass is 79.9. The van der Waals surface area contributed by atoms with Crippen LogP contribution in [0.3, 0.4) is 0 Å². The number of alkyl halides is 1. The van der Waals surface area contributed by atoms with Gasteiger partial charge in [0.05, 0.1) is 26.4 Å². The number of carbonyl (C=O) groups is 3. The number of hydrogen-bond acceptors (Lipinski definition) is 10. The number of hydrogen-bond donors (Lipinski definition) is 0. The van der Waals surface area contributed by atoms with E-state index in [9.17, 15) is 14.4 Å². The number of nitrogens with zero attached hydrogens (tertiary/aromatic N) is 1. The Labute approximate surface area is 250 Å². The minimum absolute atomic E-state index is 0.00694. The van der Waals surface area contributed by atoms with E-state index in [1.54, 1.807) is 20.8 Å². The first-order valence-electron chi connectivity index (χ1n) is 13.4. The lowest BCUT2D eigenvalue weighted by atomic mass is 10.2. The second-order valence-corrected chi connectivity index (χ2v) is 11.8. The molecule has 0 amide bonds. The zero-order valence-corrected chi connectivity index (χ0v) is 25.5. The van der Waals surface area contributed by atoms with Gasteiger partial charge in [-0.2, -0.15) is 0 Å². The van der Waals surface area contributed by atoms with E-state index in [1.165, 1.54) is 0 Å². The third-order valence-electron chi connectivity index (χ3n) is 5.62. The summed E-state index contributed by atoms with van der Waals surface area (Å²) in [5, 5.41) is 0. The minimum atomic E-state index is -0.855. The van der Waals surface area contributed by atoms with Crippen molar-refractivity contribution in [3.8, 4) is 0 Å². The molecular weight excluding hydrogens is 598 g/mol. The summed E-state index contributed by atoms with van der Waals surface area (Å²) >= 11 is 3.29. The molecule has 2 rings (SSSR count). The first-order valence-corrected chi connectivity index (χ1v) is 14.2. The van der Waals surface area contributed by atoms with Crippen molar-refractivity contribution >= 4 is 34.5 Å². The summed E-state index contributed by atoms with van der Waals surface area (Å²) in [4.78, 5) is 37.1. The van der Waals surface area contributed by atoms with Crippen molar-refractivity contribution in [3.05, 3.63) is 71.8 Å². The first-order chi connectivity index (χ1) is 19.7. The van der Waals surface area contributed by atoms with Crippen LogP contribution in [0.2, 0.25) is 0 Å². The molecule has 0 saturated heterocycles.